The molecule has 0 fully saturated rings. The fourth-order valence-electron chi connectivity index (χ4n) is 3.43. The fraction of sp³-hybridized carbons (Fsp3) is 0.0909. The van der Waals surface area contributed by atoms with Crippen molar-refractivity contribution in [2.75, 3.05) is 0 Å². The average Bonchev–Trinajstić information content (AvgIpc) is 3.18. The molecule has 0 atom stereocenters. The van der Waals surface area contributed by atoms with E-state index in [0.29, 0.717) is 17.6 Å². The van der Waals surface area contributed by atoms with E-state index < -0.39 is 0 Å². The van der Waals surface area contributed by atoms with Crippen molar-refractivity contribution in [3.8, 4) is 11.1 Å². The lowest BCUT2D eigenvalue weighted by Gasteiger charge is -2.09. The van der Waals surface area contributed by atoms with E-state index in [2.05, 4.69) is 45.3 Å². The van der Waals surface area contributed by atoms with Gasteiger partial charge in [-0.05, 0) is 52.1 Å². The maximum atomic E-state index is 12.7. The number of fused-ring (bicyclic) bond motifs is 2. The van der Waals surface area contributed by atoms with E-state index >= 15 is 0 Å². The van der Waals surface area contributed by atoms with Gasteiger partial charge in [-0.1, -0.05) is 30.3 Å². The zero-order valence-electron chi connectivity index (χ0n) is 14.5. The predicted octanol–water partition coefficient (Wildman–Crippen LogP) is 3.44. The maximum Gasteiger partial charge on any atom is 0.280 e. The first-order valence-corrected chi connectivity index (χ1v) is 8.80. The standard InChI is InChI=1S/C22H16N4O/c27-22-21-20(5-2-8-24-21)25-14-26(22)13-15-3-1-4-16(9-15)17-6-7-18-11-23-12-19(18)10-17/h1-10,12,14H,11,13H2. The summed E-state index contributed by atoms with van der Waals surface area (Å²) in [6.45, 7) is 1.22. The van der Waals surface area contributed by atoms with Crippen LogP contribution in [0.3, 0.4) is 0 Å². The van der Waals surface area contributed by atoms with Crippen molar-refractivity contribution < 1.29 is 0 Å². The van der Waals surface area contributed by atoms with Crippen LogP contribution in [-0.2, 0) is 13.1 Å². The van der Waals surface area contributed by atoms with Crippen LogP contribution >= 0.6 is 0 Å². The van der Waals surface area contributed by atoms with Gasteiger partial charge in [0.15, 0.2) is 5.52 Å². The molecule has 0 bridgehead atoms. The van der Waals surface area contributed by atoms with Crippen LogP contribution < -0.4 is 5.56 Å². The molecule has 130 valence electrons. The van der Waals surface area contributed by atoms with E-state index in [1.165, 1.54) is 11.1 Å². The van der Waals surface area contributed by atoms with Gasteiger partial charge < -0.3 is 0 Å². The van der Waals surface area contributed by atoms with Crippen molar-refractivity contribution in [2.45, 2.75) is 13.1 Å². The first-order chi connectivity index (χ1) is 13.3. The Hall–Kier alpha value is -3.60. The molecule has 0 aliphatic carbocycles. The van der Waals surface area contributed by atoms with E-state index in [0.717, 1.165) is 23.2 Å². The van der Waals surface area contributed by atoms with E-state index in [4.69, 9.17) is 0 Å². The first kappa shape index (κ1) is 15.6. The van der Waals surface area contributed by atoms with Crippen molar-refractivity contribution in [3.63, 3.8) is 0 Å². The second kappa shape index (κ2) is 6.29. The van der Waals surface area contributed by atoms with E-state index in [1.807, 2.05) is 18.3 Å². The van der Waals surface area contributed by atoms with Crippen molar-refractivity contribution in [1.29, 1.82) is 0 Å². The quantitative estimate of drug-likeness (QED) is 0.567. The molecule has 2 aromatic carbocycles. The summed E-state index contributed by atoms with van der Waals surface area (Å²) < 4.78 is 1.60. The van der Waals surface area contributed by atoms with Crippen LogP contribution in [0, 0.1) is 0 Å². The SMILES string of the molecule is O=c1c2ncccc2ncn1Cc1cccc(-c2ccc3c(c2)C=NC3)c1. The summed E-state index contributed by atoms with van der Waals surface area (Å²) in [6, 6.07) is 18.2. The Kier molecular flexibility index (Phi) is 3.64. The molecule has 0 unspecified atom stereocenters. The molecule has 4 aromatic rings. The second-order valence-corrected chi connectivity index (χ2v) is 6.63. The van der Waals surface area contributed by atoms with Gasteiger partial charge >= 0.3 is 0 Å². The minimum absolute atomic E-state index is 0.125. The number of rotatable bonds is 3. The minimum atomic E-state index is -0.125. The zero-order chi connectivity index (χ0) is 18.2. The molecule has 0 amide bonds. The molecule has 2 aromatic heterocycles. The third-order valence-electron chi connectivity index (χ3n) is 4.84. The van der Waals surface area contributed by atoms with Crippen LogP contribution in [0.5, 0.6) is 0 Å². The lowest BCUT2D eigenvalue weighted by molar-refractivity contribution is 0.746. The van der Waals surface area contributed by atoms with Crippen molar-refractivity contribution >= 4 is 17.2 Å². The molecule has 0 saturated heterocycles. The highest BCUT2D eigenvalue weighted by Crippen LogP contribution is 2.25. The predicted molar refractivity (Wildman–Crippen MR) is 106 cm³/mol. The summed E-state index contributed by atoms with van der Waals surface area (Å²) in [5.74, 6) is 0. The Morgan fingerprint density at radius 2 is 1.89 bits per heavy atom. The molecule has 1 aliphatic rings. The Labute approximate surface area is 155 Å². The number of hydrogen-bond acceptors (Lipinski definition) is 4. The Bertz CT molecular complexity index is 1260. The Morgan fingerprint density at radius 3 is 2.85 bits per heavy atom. The number of hydrogen-bond donors (Lipinski definition) is 0. The lowest BCUT2D eigenvalue weighted by atomic mass is 9.99. The largest absolute Gasteiger partial charge is 0.293 e. The first-order valence-electron chi connectivity index (χ1n) is 8.80. The molecule has 0 N–H and O–H groups in total. The van der Waals surface area contributed by atoms with Gasteiger partial charge in [0, 0.05) is 12.4 Å². The molecular weight excluding hydrogens is 336 g/mol. The highest BCUT2D eigenvalue weighted by Gasteiger charge is 2.09. The Morgan fingerprint density at radius 1 is 0.963 bits per heavy atom. The molecule has 5 nitrogen and oxygen atoms in total. The summed E-state index contributed by atoms with van der Waals surface area (Å²) in [6.07, 6.45) is 5.13. The number of pyridine rings is 1. The summed E-state index contributed by atoms with van der Waals surface area (Å²) in [5, 5.41) is 0. The molecule has 1 aliphatic heterocycles. The number of aromatic nitrogens is 3. The van der Waals surface area contributed by atoms with Gasteiger partial charge in [-0.3, -0.25) is 14.4 Å². The van der Waals surface area contributed by atoms with Crippen LogP contribution in [0.2, 0.25) is 0 Å². The molecular formula is C22H16N4O. The third-order valence-corrected chi connectivity index (χ3v) is 4.84. The van der Waals surface area contributed by atoms with E-state index in [9.17, 15) is 4.79 Å². The molecule has 0 radical (unpaired) electrons. The van der Waals surface area contributed by atoms with Gasteiger partial charge in [0.25, 0.3) is 5.56 Å². The average molecular weight is 352 g/mol. The molecule has 27 heavy (non-hydrogen) atoms. The van der Waals surface area contributed by atoms with E-state index in [1.54, 1.807) is 29.2 Å². The van der Waals surface area contributed by atoms with Gasteiger partial charge in [0.05, 0.1) is 24.9 Å². The van der Waals surface area contributed by atoms with Crippen molar-refractivity contribution in [1.82, 2.24) is 14.5 Å². The van der Waals surface area contributed by atoms with Crippen LogP contribution in [0.4, 0.5) is 0 Å². The fourth-order valence-corrected chi connectivity index (χ4v) is 3.43. The smallest absolute Gasteiger partial charge is 0.280 e. The van der Waals surface area contributed by atoms with Gasteiger partial charge in [0.1, 0.15) is 0 Å². The molecule has 3 heterocycles. The van der Waals surface area contributed by atoms with Gasteiger partial charge in [-0.15, -0.1) is 0 Å². The summed E-state index contributed by atoms with van der Waals surface area (Å²) in [4.78, 5) is 25.5. The van der Waals surface area contributed by atoms with Gasteiger partial charge in [-0.25, -0.2) is 9.97 Å². The minimum Gasteiger partial charge on any atom is -0.293 e. The maximum absolute atomic E-state index is 12.7. The third kappa shape index (κ3) is 2.83. The van der Waals surface area contributed by atoms with E-state index in [-0.39, 0.29) is 5.56 Å². The normalized spacial score (nSPS) is 12.4. The topological polar surface area (TPSA) is 60.1 Å². The van der Waals surface area contributed by atoms with Crippen LogP contribution in [-0.4, -0.2) is 20.7 Å². The Balaban J connectivity index is 1.50. The molecule has 5 rings (SSSR count). The summed E-state index contributed by atoms with van der Waals surface area (Å²) in [7, 11) is 0. The number of nitrogens with zero attached hydrogens (tertiary/aromatic N) is 4. The highest BCUT2D eigenvalue weighted by atomic mass is 16.1. The molecule has 5 heteroatoms. The highest BCUT2D eigenvalue weighted by molar-refractivity contribution is 5.87. The van der Waals surface area contributed by atoms with Gasteiger partial charge in [0.2, 0.25) is 0 Å². The molecule has 0 saturated carbocycles. The van der Waals surface area contributed by atoms with Crippen molar-refractivity contribution in [2.24, 2.45) is 4.99 Å². The van der Waals surface area contributed by atoms with Crippen LogP contribution in [0.15, 0.2) is 76.9 Å². The lowest BCUT2D eigenvalue weighted by Crippen LogP contribution is -2.21. The van der Waals surface area contributed by atoms with Crippen LogP contribution in [0.1, 0.15) is 16.7 Å². The monoisotopic (exact) mass is 352 g/mol. The van der Waals surface area contributed by atoms with Crippen LogP contribution in [0.25, 0.3) is 22.2 Å². The number of aliphatic imine (C=N–C) groups is 1. The zero-order valence-corrected chi connectivity index (χ0v) is 14.5. The summed E-state index contributed by atoms with van der Waals surface area (Å²) >= 11 is 0. The molecule has 0 spiro atoms. The van der Waals surface area contributed by atoms with Crippen molar-refractivity contribution in [3.05, 3.63) is 94.2 Å². The van der Waals surface area contributed by atoms with Gasteiger partial charge in [-0.2, -0.15) is 0 Å². The number of benzene rings is 2. The summed E-state index contributed by atoms with van der Waals surface area (Å²) in [5.41, 5.74) is 6.64. The second-order valence-electron chi connectivity index (χ2n) is 6.63.